The summed E-state index contributed by atoms with van der Waals surface area (Å²) < 4.78 is 12.2. The van der Waals surface area contributed by atoms with Gasteiger partial charge in [-0.05, 0) is 55.3 Å². The zero-order valence-electron chi connectivity index (χ0n) is 13.8. The van der Waals surface area contributed by atoms with Crippen LogP contribution in [0.4, 0.5) is 0 Å². The molecule has 0 fully saturated rings. The van der Waals surface area contributed by atoms with Crippen molar-refractivity contribution in [2.45, 2.75) is 26.7 Å². The van der Waals surface area contributed by atoms with Crippen molar-refractivity contribution in [3.05, 3.63) is 59.7 Å². The first-order valence-corrected chi connectivity index (χ1v) is 8.51. The normalized spacial score (nSPS) is 12.1. The highest BCUT2D eigenvalue weighted by atomic mass is 16.3. The first-order chi connectivity index (χ1) is 11.7. The Labute approximate surface area is 139 Å². The van der Waals surface area contributed by atoms with Crippen LogP contribution in [0.2, 0.25) is 0 Å². The van der Waals surface area contributed by atoms with Gasteiger partial charge in [0, 0.05) is 21.5 Å². The zero-order chi connectivity index (χ0) is 16.3. The molecule has 24 heavy (non-hydrogen) atoms. The van der Waals surface area contributed by atoms with Crippen LogP contribution in [0.5, 0.6) is 0 Å². The minimum absolute atomic E-state index is 0.923. The fourth-order valence-electron chi connectivity index (χ4n) is 3.65. The number of hydrogen-bond acceptors (Lipinski definition) is 2. The van der Waals surface area contributed by atoms with E-state index < -0.39 is 0 Å². The van der Waals surface area contributed by atoms with Crippen LogP contribution in [-0.2, 0) is 6.42 Å². The van der Waals surface area contributed by atoms with Crippen LogP contribution in [0.3, 0.4) is 0 Å². The molecule has 0 unspecified atom stereocenters. The SMILES string of the molecule is CCCc1ccc2oc3cc4c(cc3c2c1)oc1ccc(C)cc14. The van der Waals surface area contributed by atoms with E-state index >= 15 is 0 Å². The molecule has 5 aromatic rings. The maximum atomic E-state index is 6.10. The molecule has 2 heteroatoms. The van der Waals surface area contributed by atoms with Gasteiger partial charge in [0.25, 0.3) is 0 Å². The molecule has 0 bridgehead atoms. The lowest BCUT2D eigenvalue weighted by Gasteiger charge is -1.97. The number of rotatable bonds is 2. The highest BCUT2D eigenvalue weighted by Gasteiger charge is 2.13. The molecule has 0 aliphatic rings. The van der Waals surface area contributed by atoms with Gasteiger partial charge in [0.1, 0.15) is 22.3 Å². The lowest BCUT2D eigenvalue weighted by atomic mass is 10.0. The Morgan fingerprint density at radius 2 is 1.25 bits per heavy atom. The van der Waals surface area contributed by atoms with Gasteiger partial charge >= 0.3 is 0 Å². The Hall–Kier alpha value is -2.74. The molecule has 0 saturated heterocycles. The number of furan rings is 2. The molecular formula is C22H18O2. The number of hydrogen-bond donors (Lipinski definition) is 0. The Morgan fingerprint density at radius 1 is 0.667 bits per heavy atom. The first kappa shape index (κ1) is 13.7. The molecule has 0 spiro atoms. The second kappa shape index (κ2) is 4.88. The molecule has 3 aromatic carbocycles. The van der Waals surface area contributed by atoms with Crippen LogP contribution >= 0.6 is 0 Å². The van der Waals surface area contributed by atoms with Crippen molar-refractivity contribution >= 4 is 43.9 Å². The van der Waals surface area contributed by atoms with Gasteiger partial charge in [-0.2, -0.15) is 0 Å². The van der Waals surface area contributed by atoms with Crippen LogP contribution < -0.4 is 0 Å². The van der Waals surface area contributed by atoms with E-state index in [4.69, 9.17) is 8.83 Å². The van der Waals surface area contributed by atoms with Crippen LogP contribution in [0.25, 0.3) is 43.9 Å². The van der Waals surface area contributed by atoms with E-state index in [1.165, 1.54) is 16.5 Å². The van der Waals surface area contributed by atoms with Gasteiger partial charge < -0.3 is 8.83 Å². The molecular weight excluding hydrogens is 296 g/mol. The predicted octanol–water partition coefficient (Wildman–Crippen LogP) is 6.75. The Bertz CT molecular complexity index is 1220. The van der Waals surface area contributed by atoms with E-state index in [1.54, 1.807) is 0 Å². The number of aryl methyl sites for hydroxylation is 2. The maximum absolute atomic E-state index is 6.10. The summed E-state index contributed by atoms with van der Waals surface area (Å²) in [5.41, 5.74) is 6.31. The average molecular weight is 314 g/mol. The average Bonchev–Trinajstić information content (AvgIpc) is 3.10. The molecule has 0 saturated carbocycles. The van der Waals surface area contributed by atoms with Crippen molar-refractivity contribution in [3.63, 3.8) is 0 Å². The number of benzene rings is 3. The summed E-state index contributed by atoms with van der Waals surface area (Å²) in [6.07, 6.45) is 2.24. The standard InChI is InChI=1S/C22H18O2/c1-3-4-14-6-8-20-16(10-14)18-12-21-17(11-22(18)24-20)15-9-13(2)5-7-19(15)23-21/h5-12H,3-4H2,1-2H3. The maximum Gasteiger partial charge on any atom is 0.136 e. The summed E-state index contributed by atoms with van der Waals surface area (Å²) in [6, 6.07) is 17.1. The summed E-state index contributed by atoms with van der Waals surface area (Å²) in [7, 11) is 0. The van der Waals surface area contributed by atoms with Gasteiger partial charge in [-0.1, -0.05) is 31.0 Å². The van der Waals surface area contributed by atoms with Crippen LogP contribution in [0.15, 0.2) is 57.4 Å². The molecule has 2 heterocycles. The fraction of sp³-hybridized carbons (Fsp3) is 0.182. The molecule has 0 amide bonds. The quantitative estimate of drug-likeness (QED) is 0.360. The number of fused-ring (bicyclic) bond motifs is 6. The third-order valence-corrected chi connectivity index (χ3v) is 4.82. The van der Waals surface area contributed by atoms with Crippen molar-refractivity contribution in [1.82, 2.24) is 0 Å². The van der Waals surface area contributed by atoms with Crippen molar-refractivity contribution in [2.75, 3.05) is 0 Å². The van der Waals surface area contributed by atoms with E-state index in [-0.39, 0.29) is 0 Å². The van der Waals surface area contributed by atoms with Crippen LogP contribution in [0, 0.1) is 6.92 Å². The van der Waals surface area contributed by atoms with Gasteiger partial charge in [-0.3, -0.25) is 0 Å². The van der Waals surface area contributed by atoms with Gasteiger partial charge in [-0.25, -0.2) is 0 Å². The van der Waals surface area contributed by atoms with Crippen molar-refractivity contribution in [1.29, 1.82) is 0 Å². The zero-order valence-corrected chi connectivity index (χ0v) is 13.8. The molecule has 0 aliphatic heterocycles. The van der Waals surface area contributed by atoms with Gasteiger partial charge in [-0.15, -0.1) is 0 Å². The molecule has 0 atom stereocenters. The van der Waals surface area contributed by atoms with E-state index in [0.717, 1.165) is 51.3 Å². The molecule has 0 aliphatic carbocycles. The third-order valence-electron chi connectivity index (χ3n) is 4.82. The molecule has 0 radical (unpaired) electrons. The third kappa shape index (κ3) is 1.89. The lowest BCUT2D eigenvalue weighted by Crippen LogP contribution is -1.81. The summed E-state index contributed by atoms with van der Waals surface area (Å²) >= 11 is 0. The highest BCUT2D eigenvalue weighted by molar-refractivity contribution is 6.14. The second-order valence-corrected chi connectivity index (χ2v) is 6.63. The summed E-state index contributed by atoms with van der Waals surface area (Å²) in [6.45, 7) is 4.31. The summed E-state index contributed by atoms with van der Waals surface area (Å²) in [5.74, 6) is 0. The van der Waals surface area contributed by atoms with Crippen LogP contribution in [0.1, 0.15) is 24.5 Å². The van der Waals surface area contributed by atoms with E-state index in [9.17, 15) is 0 Å². The largest absolute Gasteiger partial charge is 0.456 e. The van der Waals surface area contributed by atoms with Crippen molar-refractivity contribution in [2.24, 2.45) is 0 Å². The van der Waals surface area contributed by atoms with Crippen molar-refractivity contribution < 1.29 is 8.83 Å². The predicted molar refractivity (Wildman–Crippen MR) is 99.7 cm³/mol. The first-order valence-electron chi connectivity index (χ1n) is 8.51. The summed E-state index contributed by atoms with van der Waals surface area (Å²) in [5, 5.41) is 4.58. The Kier molecular flexibility index (Phi) is 2.78. The lowest BCUT2D eigenvalue weighted by molar-refractivity contribution is 0.664. The molecule has 0 N–H and O–H groups in total. The summed E-state index contributed by atoms with van der Waals surface area (Å²) in [4.78, 5) is 0. The Morgan fingerprint density at radius 3 is 1.92 bits per heavy atom. The smallest absolute Gasteiger partial charge is 0.136 e. The minimum atomic E-state index is 0.923. The van der Waals surface area contributed by atoms with Gasteiger partial charge in [0.05, 0.1) is 0 Å². The fourth-order valence-corrected chi connectivity index (χ4v) is 3.65. The molecule has 2 nitrogen and oxygen atoms in total. The monoisotopic (exact) mass is 314 g/mol. The minimum Gasteiger partial charge on any atom is -0.456 e. The van der Waals surface area contributed by atoms with Gasteiger partial charge in [0.15, 0.2) is 0 Å². The van der Waals surface area contributed by atoms with E-state index in [0.29, 0.717) is 0 Å². The van der Waals surface area contributed by atoms with Gasteiger partial charge in [0.2, 0.25) is 0 Å². The molecule has 118 valence electrons. The topological polar surface area (TPSA) is 26.3 Å². The highest BCUT2D eigenvalue weighted by Crippen LogP contribution is 2.37. The van der Waals surface area contributed by atoms with E-state index in [2.05, 4.69) is 56.3 Å². The van der Waals surface area contributed by atoms with Crippen LogP contribution in [-0.4, -0.2) is 0 Å². The second-order valence-electron chi connectivity index (χ2n) is 6.63. The Balaban J connectivity index is 1.87. The van der Waals surface area contributed by atoms with E-state index in [1.807, 2.05) is 6.07 Å². The molecule has 2 aromatic heterocycles. The molecule has 5 rings (SSSR count). The van der Waals surface area contributed by atoms with Crippen molar-refractivity contribution in [3.8, 4) is 0 Å².